The van der Waals surface area contributed by atoms with Gasteiger partial charge in [-0.25, -0.2) is 24.3 Å². The van der Waals surface area contributed by atoms with E-state index in [1.54, 1.807) is 0 Å². The summed E-state index contributed by atoms with van der Waals surface area (Å²) < 4.78 is 0. The first-order chi connectivity index (χ1) is 6.84. The molecule has 2 aromatic carbocycles. The van der Waals surface area contributed by atoms with Crippen molar-refractivity contribution in [3.8, 4) is 0 Å². The molecule has 0 heterocycles. The van der Waals surface area contributed by atoms with Gasteiger partial charge in [-0.15, -0.1) is 12.1 Å². The maximum Gasteiger partial charge on any atom is 2.00 e. The van der Waals surface area contributed by atoms with Crippen LogP contribution in [0.25, 0.3) is 0 Å². The van der Waals surface area contributed by atoms with Crippen molar-refractivity contribution in [1.82, 2.24) is 0 Å². The summed E-state index contributed by atoms with van der Waals surface area (Å²) >= 11 is 0. The van der Waals surface area contributed by atoms with E-state index in [1.165, 1.54) is 6.08 Å². The van der Waals surface area contributed by atoms with Gasteiger partial charge in [0.15, 0.2) is 0 Å². The van der Waals surface area contributed by atoms with Crippen molar-refractivity contribution >= 4 is 0 Å². The van der Waals surface area contributed by atoms with Crippen LogP contribution < -0.4 is 0 Å². The van der Waals surface area contributed by atoms with E-state index in [9.17, 15) is 0 Å². The van der Waals surface area contributed by atoms with Gasteiger partial charge in [0, 0.05) is 0 Å². The van der Waals surface area contributed by atoms with Crippen LogP contribution in [0, 0.1) is 0 Å². The number of aliphatic hydroxyl groups is 1. The van der Waals surface area contributed by atoms with Gasteiger partial charge < -0.3 is 5.11 Å². The minimum absolute atomic E-state index is 0. The van der Waals surface area contributed by atoms with E-state index in [4.69, 9.17) is 5.11 Å². The molecule has 1 unspecified atom stereocenters. The van der Waals surface area contributed by atoms with E-state index in [2.05, 4.69) is 6.58 Å². The van der Waals surface area contributed by atoms with Gasteiger partial charge in [0.25, 0.3) is 0 Å². The molecule has 0 aliphatic heterocycles. The summed E-state index contributed by atoms with van der Waals surface area (Å²) in [5.74, 6) is 0. The Labute approximate surface area is 101 Å². The zero-order valence-corrected chi connectivity index (χ0v) is 9.46. The van der Waals surface area contributed by atoms with Crippen LogP contribution in [0.3, 0.4) is 0 Å². The summed E-state index contributed by atoms with van der Waals surface area (Å²) in [5.41, 5.74) is 0.907. The molecule has 0 aliphatic rings. The van der Waals surface area contributed by atoms with Gasteiger partial charge in [-0.2, -0.15) is 30.3 Å². The monoisotopic (exact) mass is 242 g/mol. The Morgan fingerprint density at radius 1 is 1.13 bits per heavy atom. The molecule has 0 bridgehead atoms. The summed E-state index contributed by atoms with van der Waals surface area (Å²) in [5, 5.41) is 9.10. The Morgan fingerprint density at radius 2 is 1.67 bits per heavy atom. The first kappa shape index (κ1) is 13.9. The van der Waals surface area contributed by atoms with E-state index in [-0.39, 0.29) is 17.1 Å². The third-order valence-corrected chi connectivity index (χ3v) is 1.81. The van der Waals surface area contributed by atoms with Crippen molar-refractivity contribution in [3.05, 3.63) is 72.8 Å². The second kappa shape index (κ2) is 8.25. The van der Waals surface area contributed by atoms with Gasteiger partial charge >= 0.3 is 17.1 Å². The molecular weight excluding hydrogens is 228 g/mol. The SMILES string of the molecule is C=CC(O)[c-]1cccc1.[Fe+2].c1cc[cH-]c1. The Morgan fingerprint density at radius 3 is 2.00 bits per heavy atom. The molecule has 1 atom stereocenters. The minimum Gasteiger partial charge on any atom is -0.397 e. The van der Waals surface area contributed by atoms with E-state index in [1.807, 2.05) is 54.6 Å². The quantitative estimate of drug-likeness (QED) is 0.487. The molecule has 15 heavy (non-hydrogen) atoms. The molecule has 0 saturated heterocycles. The standard InChI is InChI=1S/C8H9O.C5H5.Fe/c1-2-8(9)7-5-3-4-6-7;1-2-4-5-3-1;/h2-6,8-9H,1H2;1-5H;/q2*-1;+2. The molecule has 1 nitrogen and oxygen atoms in total. The van der Waals surface area contributed by atoms with Crippen molar-refractivity contribution in [1.29, 1.82) is 0 Å². The van der Waals surface area contributed by atoms with Gasteiger partial charge in [0.05, 0.1) is 6.10 Å². The second-order valence-electron chi connectivity index (χ2n) is 2.86. The Balaban J connectivity index is 0.000000280. The molecule has 0 spiro atoms. The molecule has 2 aromatic rings. The normalized spacial score (nSPS) is 10.5. The van der Waals surface area contributed by atoms with Gasteiger partial charge in [-0.3, -0.25) is 0 Å². The van der Waals surface area contributed by atoms with Crippen LogP contribution in [-0.2, 0) is 17.1 Å². The Bertz CT molecular complexity index is 304. The predicted octanol–water partition coefficient (Wildman–Crippen LogP) is 3.03. The third kappa shape index (κ3) is 5.38. The Kier molecular flexibility index (Phi) is 7.65. The van der Waals surface area contributed by atoms with E-state index in [0.29, 0.717) is 0 Å². The molecule has 2 heteroatoms. The third-order valence-electron chi connectivity index (χ3n) is 1.81. The van der Waals surface area contributed by atoms with Crippen LogP contribution in [-0.4, -0.2) is 5.11 Å². The number of rotatable bonds is 2. The smallest absolute Gasteiger partial charge is 0.397 e. The second-order valence-corrected chi connectivity index (χ2v) is 2.86. The van der Waals surface area contributed by atoms with Gasteiger partial charge in [-0.1, -0.05) is 6.08 Å². The van der Waals surface area contributed by atoms with Crippen LogP contribution in [0.15, 0.2) is 67.3 Å². The molecule has 0 aliphatic carbocycles. The van der Waals surface area contributed by atoms with E-state index >= 15 is 0 Å². The molecule has 2 rings (SSSR count). The average Bonchev–Trinajstić information content (AvgIpc) is 2.91. The van der Waals surface area contributed by atoms with Crippen molar-refractivity contribution in [2.45, 2.75) is 6.10 Å². The van der Waals surface area contributed by atoms with Crippen LogP contribution in [0.5, 0.6) is 0 Å². The molecule has 0 radical (unpaired) electrons. The maximum atomic E-state index is 9.10. The van der Waals surface area contributed by atoms with Crippen molar-refractivity contribution in [2.75, 3.05) is 0 Å². The van der Waals surface area contributed by atoms with Gasteiger partial charge in [0.1, 0.15) is 0 Å². The number of aliphatic hydroxyl groups excluding tert-OH is 1. The van der Waals surface area contributed by atoms with Gasteiger partial charge in [-0.05, 0) is 0 Å². The molecule has 0 saturated carbocycles. The first-order valence-corrected chi connectivity index (χ1v) is 4.53. The van der Waals surface area contributed by atoms with Gasteiger partial charge in [0.2, 0.25) is 0 Å². The van der Waals surface area contributed by atoms with Crippen LogP contribution >= 0.6 is 0 Å². The molecule has 1 N–H and O–H groups in total. The summed E-state index contributed by atoms with van der Waals surface area (Å²) in [6, 6.07) is 17.5. The summed E-state index contributed by atoms with van der Waals surface area (Å²) in [6.07, 6.45) is 1.01. The van der Waals surface area contributed by atoms with E-state index < -0.39 is 6.10 Å². The predicted molar refractivity (Wildman–Crippen MR) is 59.2 cm³/mol. The fraction of sp³-hybridized carbons (Fsp3) is 0.0769. The van der Waals surface area contributed by atoms with E-state index in [0.717, 1.165) is 5.56 Å². The molecule has 80 valence electrons. The summed E-state index contributed by atoms with van der Waals surface area (Å²) in [7, 11) is 0. The average molecular weight is 242 g/mol. The summed E-state index contributed by atoms with van der Waals surface area (Å²) in [4.78, 5) is 0. The first-order valence-electron chi connectivity index (χ1n) is 4.53. The number of hydrogen-bond acceptors (Lipinski definition) is 1. The minimum atomic E-state index is -0.500. The molecule has 0 amide bonds. The van der Waals surface area contributed by atoms with Crippen LogP contribution in [0.1, 0.15) is 11.7 Å². The molecular formula is C13H14FeO. The fourth-order valence-corrected chi connectivity index (χ4v) is 1.04. The van der Waals surface area contributed by atoms with Crippen molar-refractivity contribution in [2.24, 2.45) is 0 Å². The Hall–Kier alpha value is -1.08. The van der Waals surface area contributed by atoms with Crippen LogP contribution in [0.4, 0.5) is 0 Å². The topological polar surface area (TPSA) is 20.2 Å². The summed E-state index contributed by atoms with van der Waals surface area (Å²) in [6.45, 7) is 3.47. The number of hydrogen-bond donors (Lipinski definition) is 1. The fourth-order valence-electron chi connectivity index (χ4n) is 1.04. The zero-order chi connectivity index (χ0) is 10.2. The molecule has 0 aromatic heterocycles. The molecule has 0 fully saturated rings. The zero-order valence-electron chi connectivity index (χ0n) is 8.36. The van der Waals surface area contributed by atoms with Crippen LogP contribution in [0.2, 0.25) is 0 Å². The van der Waals surface area contributed by atoms with Crippen molar-refractivity contribution < 1.29 is 22.2 Å². The maximum absolute atomic E-state index is 9.10. The van der Waals surface area contributed by atoms with Crippen molar-refractivity contribution in [3.63, 3.8) is 0 Å². The largest absolute Gasteiger partial charge is 2.00 e.